The SMILES string of the molecule is CCCN(CC(=O)Nc1cc(-c2ccccc2)nn1-c1ccccc1)C(=O)Nc1ccc(CC)cc1. The molecule has 0 saturated carbocycles. The first kappa shape index (κ1) is 24.7. The fraction of sp³-hybridized carbons (Fsp3) is 0.207. The van der Waals surface area contributed by atoms with Crippen molar-refractivity contribution in [2.24, 2.45) is 0 Å². The monoisotopic (exact) mass is 481 g/mol. The highest BCUT2D eigenvalue weighted by molar-refractivity contribution is 5.97. The highest BCUT2D eigenvalue weighted by atomic mass is 16.2. The van der Waals surface area contributed by atoms with Gasteiger partial charge in [-0.2, -0.15) is 5.10 Å². The molecule has 1 aromatic heterocycles. The van der Waals surface area contributed by atoms with Crippen LogP contribution in [0.5, 0.6) is 0 Å². The van der Waals surface area contributed by atoms with Crippen molar-refractivity contribution >= 4 is 23.4 Å². The minimum atomic E-state index is -0.308. The number of urea groups is 1. The van der Waals surface area contributed by atoms with Crippen LogP contribution in [-0.2, 0) is 11.2 Å². The van der Waals surface area contributed by atoms with E-state index in [0.717, 1.165) is 29.8 Å². The normalized spacial score (nSPS) is 10.6. The molecule has 7 heteroatoms. The van der Waals surface area contributed by atoms with E-state index in [1.807, 2.05) is 97.9 Å². The summed E-state index contributed by atoms with van der Waals surface area (Å²) < 4.78 is 1.71. The van der Waals surface area contributed by atoms with Gasteiger partial charge in [-0.1, -0.05) is 74.5 Å². The van der Waals surface area contributed by atoms with Crippen LogP contribution in [0.4, 0.5) is 16.3 Å². The zero-order valence-corrected chi connectivity index (χ0v) is 20.6. The van der Waals surface area contributed by atoms with Gasteiger partial charge in [0.2, 0.25) is 5.91 Å². The molecule has 3 amide bonds. The standard InChI is InChI=1S/C29H31N5O2/c1-3-19-33(29(36)30-24-17-15-22(4-2)16-18-24)21-28(35)31-27-20-26(23-11-7-5-8-12-23)32-34(27)25-13-9-6-10-14-25/h5-18,20H,3-4,19,21H2,1-2H3,(H,30,36)(H,31,35). The lowest BCUT2D eigenvalue weighted by Crippen LogP contribution is -2.41. The van der Waals surface area contributed by atoms with Crippen molar-refractivity contribution in [3.05, 3.63) is 96.6 Å². The van der Waals surface area contributed by atoms with Gasteiger partial charge in [0.25, 0.3) is 0 Å². The van der Waals surface area contributed by atoms with E-state index in [0.29, 0.717) is 18.1 Å². The number of para-hydroxylation sites is 1. The van der Waals surface area contributed by atoms with Gasteiger partial charge in [0, 0.05) is 23.9 Å². The number of anilines is 2. The number of hydrogen-bond acceptors (Lipinski definition) is 3. The summed E-state index contributed by atoms with van der Waals surface area (Å²) in [6.07, 6.45) is 1.66. The number of amides is 3. The zero-order chi connectivity index (χ0) is 25.3. The maximum Gasteiger partial charge on any atom is 0.322 e. The lowest BCUT2D eigenvalue weighted by molar-refractivity contribution is -0.116. The Morgan fingerprint density at radius 3 is 2.17 bits per heavy atom. The van der Waals surface area contributed by atoms with Crippen LogP contribution < -0.4 is 10.6 Å². The number of carbonyl (C=O) groups excluding carboxylic acids is 2. The Labute approximate surface area is 211 Å². The Kier molecular flexibility index (Phi) is 8.13. The van der Waals surface area contributed by atoms with Gasteiger partial charge in [0.15, 0.2) is 0 Å². The molecule has 0 fully saturated rings. The Balaban J connectivity index is 1.51. The average molecular weight is 482 g/mol. The topological polar surface area (TPSA) is 79.3 Å². The van der Waals surface area contributed by atoms with Gasteiger partial charge >= 0.3 is 6.03 Å². The highest BCUT2D eigenvalue weighted by Crippen LogP contribution is 2.24. The second-order valence-electron chi connectivity index (χ2n) is 8.48. The van der Waals surface area contributed by atoms with Crippen LogP contribution in [0, 0.1) is 0 Å². The smallest absolute Gasteiger partial charge is 0.315 e. The summed E-state index contributed by atoms with van der Waals surface area (Å²) in [5, 5.41) is 10.6. The van der Waals surface area contributed by atoms with Gasteiger partial charge in [-0.05, 0) is 42.7 Å². The van der Waals surface area contributed by atoms with Crippen molar-refractivity contribution in [3.63, 3.8) is 0 Å². The lowest BCUT2D eigenvalue weighted by atomic mass is 10.1. The summed E-state index contributed by atoms with van der Waals surface area (Å²) in [7, 11) is 0. The molecule has 0 aliphatic carbocycles. The van der Waals surface area contributed by atoms with Crippen LogP contribution in [0.15, 0.2) is 91.0 Å². The van der Waals surface area contributed by atoms with E-state index in [4.69, 9.17) is 5.10 Å². The molecular weight excluding hydrogens is 450 g/mol. The van der Waals surface area contributed by atoms with Gasteiger partial charge < -0.3 is 15.5 Å². The average Bonchev–Trinajstić information content (AvgIpc) is 3.33. The van der Waals surface area contributed by atoms with Crippen LogP contribution >= 0.6 is 0 Å². The molecule has 0 saturated heterocycles. The largest absolute Gasteiger partial charge is 0.322 e. The molecule has 0 unspecified atom stereocenters. The van der Waals surface area contributed by atoms with E-state index in [1.165, 1.54) is 10.5 Å². The van der Waals surface area contributed by atoms with E-state index in [-0.39, 0.29) is 18.5 Å². The summed E-state index contributed by atoms with van der Waals surface area (Å²) in [6, 6.07) is 28.7. The molecule has 184 valence electrons. The van der Waals surface area contributed by atoms with Crippen molar-refractivity contribution in [3.8, 4) is 16.9 Å². The van der Waals surface area contributed by atoms with Crippen LogP contribution in [0.3, 0.4) is 0 Å². The molecule has 4 rings (SSSR count). The Bertz CT molecular complexity index is 1280. The van der Waals surface area contributed by atoms with Crippen molar-refractivity contribution in [1.82, 2.24) is 14.7 Å². The first-order valence-corrected chi connectivity index (χ1v) is 12.2. The number of aryl methyl sites for hydroxylation is 1. The molecule has 3 aromatic carbocycles. The molecule has 36 heavy (non-hydrogen) atoms. The molecule has 4 aromatic rings. The fourth-order valence-electron chi connectivity index (χ4n) is 3.89. The molecule has 0 radical (unpaired) electrons. The Hall–Kier alpha value is -4.39. The fourth-order valence-corrected chi connectivity index (χ4v) is 3.89. The third kappa shape index (κ3) is 6.18. The van der Waals surface area contributed by atoms with E-state index < -0.39 is 0 Å². The first-order chi connectivity index (χ1) is 17.6. The molecule has 0 atom stereocenters. The lowest BCUT2D eigenvalue weighted by Gasteiger charge is -2.22. The van der Waals surface area contributed by atoms with Crippen LogP contribution in [0.25, 0.3) is 16.9 Å². The number of carbonyl (C=O) groups is 2. The number of rotatable bonds is 9. The molecule has 0 spiro atoms. The van der Waals surface area contributed by atoms with E-state index in [1.54, 1.807) is 4.68 Å². The Morgan fingerprint density at radius 2 is 1.53 bits per heavy atom. The number of nitrogens with one attached hydrogen (secondary N) is 2. The zero-order valence-electron chi connectivity index (χ0n) is 20.6. The molecule has 0 bridgehead atoms. The van der Waals surface area contributed by atoms with Crippen molar-refractivity contribution in [1.29, 1.82) is 0 Å². The van der Waals surface area contributed by atoms with Gasteiger partial charge in [0.1, 0.15) is 12.4 Å². The van der Waals surface area contributed by atoms with E-state index >= 15 is 0 Å². The van der Waals surface area contributed by atoms with Gasteiger partial charge in [0.05, 0.1) is 11.4 Å². The number of hydrogen-bond donors (Lipinski definition) is 2. The van der Waals surface area contributed by atoms with Crippen molar-refractivity contribution < 1.29 is 9.59 Å². The molecule has 1 heterocycles. The van der Waals surface area contributed by atoms with Crippen LogP contribution in [0.2, 0.25) is 0 Å². The molecular formula is C29H31N5O2. The Morgan fingerprint density at radius 1 is 0.861 bits per heavy atom. The second kappa shape index (κ2) is 11.8. The summed E-state index contributed by atoms with van der Waals surface area (Å²) in [6.45, 7) is 4.44. The molecule has 2 N–H and O–H groups in total. The number of nitrogens with zero attached hydrogens (tertiary/aromatic N) is 3. The molecule has 0 aliphatic heterocycles. The van der Waals surface area contributed by atoms with Gasteiger partial charge in [-0.15, -0.1) is 0 Å². The first-order valence-electron chi connectivity index (χ1n) is 12.2. The van der Waals surface area contributed by atoms with Gasteiger partial charge in [-0.25, -0.2) is 9.48 Å². The molecule has 0 aliphatic rings. The van der Waals surface area contributed by atoms with Crippen molar-refractivity contribution in [2.45, 2.75) is 26.7 Å². The summed E-state index contributed by atoms with van der Waals surface area (Å²) in [5.41, 5.74) is 4.42. The number of aromatic nitrogens is 2. The summed E-state index contributed by atoms with van der Waals surface area (Å²) in [5.74, 6) is 0.244. The second-order valence-corrected chi connectivity index (χ2v) is 8.48. The third-order valence-electron chi connectivity index (χ3n) is 5.78. The van der Waals surface area contributed by atoms with Crippen LogP contribution in [0.1, 0.15) is 25.8 Å². The quantitative estimate of drug-likeness (QED) is 0.308. The maximum absolute atomic E-state index is 13.1. The van der Waals surface area contributed by atoms with E-state index in [9.17, 15) is 9.59 Å². The maximum atomic E-state index is 13.1. The predicted octanol–water partition coefficient (Wildman–Crippen LogP) is 5.98. The third-order valence-corrected chi connectivity index (χ3v) is 5.78. The summed E-state index contributed by atoms with van der Waals surface area (Å²) >= 11 is 0. The van der Waals surface area contributed by atoms with Crippen molar-refractivity contribution in [2.75, 3.05) is 23.7 Å². The summed E-state index contributed by atoms with van der Waals surface area (Å²) in [4.78, 5) is 27.6. The highest BCUT2D eigenvalue weighted by Gasteiger charge is 2.19. The minimum Gasteiger partial charge on any atom is -0.315 e. The number of benzene rings is 3. The van der Waals surface area contributed by atoms with Crippen LogP contribution in [-0.4, -0.2) is 39.7 Å². The minimum absolute atomic E-state index is 0.0760. The molecule has 7 nitrogen and oxygen atoms in total. The predicted molar refractivity (Wildman–Crippen MR) is 144 cm³/mol. The van der Waals surface area contributed by atoms with E-state index in [2.05, 4.69) is 17.6 Å². The van der Waals surface area contributed by atoms with Gasteiger partial charge in [-0.3, -0.25) is 4.79 Å².